The first-order chi connectivity index (χ1) is 14.0. The molecule has 0 amide bonds. The zero-order valence-corrected chi connectivity index (χ0v) is 18.0. The minimum Gasteiger partial charge on any atom is -0.492 e. The summed E-state index contributed by atoms with van der Waals surface area (Å²) in [7, 11) is 0. The molecule has 0 radical (unpaired) electrons. The van der Waals surface area contributed by atoms with Crippen LogP contribution >= 0.6 is 34.5 Å². The molecule has 2 aromatic heterocycles. The number of fused-ring (bicyclic) bond motifs is 2. The molecule has 2 aromatic carbocycles. The molecular weight excluding hydrogens is 427 g/mol. The monoisotopic (exact) mass is 444 g/mol. The van der Waals surface area contributed by atoms with Crippen molar-refractivity contribution in [3.05, 3.63) is 79.9 Å². The fraction of sp³-hybridized carbons (Fsp3) is 0.238. The van der Waals surface area contributed by atoms with Gasteiger partial charge in [-0.2, -0.15) is 4.52 Å². The molecule has 148 valence electrons. The lowest BCUT2D eigenvalue weighted by Crippen LogP contribution is -2.34. The van der Waals surface area contributed by atoms with Gasteiger partial charge in [0, 0.05) is 13.1 Å². The highest BCUT2D eigenvalue weighted by molar-refractivity contribution is 7.17. The van der Waals surface area contributed by atoms with Crippen LogP contribution in [0.5, 0.6) is 5.88 Å². The van der Waals surface area contributed by atoms with E-state index >= 15 is 0 Å². The Hall–Kier alpha value is -2.12. The molecule has 1 N–H and O–H groups in total. The van der Waals surface area contributed by atoms with E-state index in [4.69, 9.17) is 23.2 Å². The smallest absolute Gasteiger partial charge is 0.230 e. The standard InChI is InChI=1S/C21H18Cl2N4OS/c1-12-24-21-27(25-12)20(28)19(29-21)18(14-6-7-16(22)17(23)10-14)26-9-8-13-4-2-3-5-15(13)11-26/h2-7,10,18,28H,8-9,11H2,1H3/t18-/m1/s1. The third-order valence-corrected chi connectivity index (χ3v) is 7.15. The number of rotatable bonds is 3. The van der Waals surface area contributed by atoms with Gasteiger partial charge in [-0.1, -0.05) is 64.9 Å². The Kier molecular flexibility index (Phi) is 4.75. The Labute approximate surface area is 182 Å². The van der Waals surface area contributed by atoms with E-state index in [2.05, 4.69) is 39.2 Å². The van der Waals surface area contributed by atoms with Gasteiger partial charge < -0.3 is 5.11 Å². The summed E-state index contributed by atoms with van der Waals surface area (Å²) in [6.07, 6.45) is 0.953. The quantitative estimate of drug-likeness (QED) is 0.468. The van der Waals surface area contributed by atoms with Crippen molar-refractivity contribution in [2.24, 2.45) is 0 Å². The van der Waals surface area contributed by atoms with Gasteiger partial charge in [-0.3, -0.25) is 4.90 Å². The summed E-state index contributed by atoms with van der Waals surface area (Å²) in [6.45, 7) is 3.47. The van der Waals surface area contributed by atoms with Gasteiger partial charge in [-0.05, 0) is 42.2 Å². The fourth-order valence-electron chi connectivity index (χ4n) is 3.97. The van der Waals surface area contributed by atoms with Gasteiger partial charge in [0.25, 0.3) is 0 Å². The summed E-state index contributed by atoms with van der Waals surface area (Å²) in [5.41, 5.74) is 3.66. The van der Waals surface area contributed by atoms with Crippen molar-refractivity contribution >= 4 is 39.5 Å². The molecule has 0 bridgehead atoms. The minimum atomic E-state index is -0.174. The van der Waals surface area contributed by atoms with E-state index in [1.54, 1.807) is 0 Å². The molecule has 5 rings (SSSR count). The first kappa shape index (κ1) is 18.9. The van der Waals surface area contributed by atoms with Crippen molar-refractivity contribution in [3.8, 4) is 5.88 Å². The normalized spacial score (nSPS) is 15.6. The lowest BCUT2D eigenvalue weighted by Gasteiger charge is -2.35. The zero-order valence-electron chi connectivity index (χ0n) is 15.6. The van der Waals surface area contributed by atoms with Gasteiger partial charge in [0.15, 0.2) is 0 Å². The Morgan fingerprint density at radius 2 is 1.90 bits per heavy atom. The van der Waals surface area contributed by atoms with E-state index in [1.165, 1.54) is 27.0 Å². The predicted octanol–water partition coefficient (Wildman–Crippen LogP) is 5.26. The molecule has 4 aromatic rings. The highest BCUT2D eigenvalue weighted by Crippen LogP contribution is 2.42. The van der Waals surface area contributed by atoms with Gasteiger partial charge in [-0.25, -0.2) is 4.98 Å². The van der Waals surface area contributed by atoms with Crippen LogP contribution in [-0.4, -0.2) is 31.1 Å². The molecule has 8 heteroatoms. The Bertz CT molecular complexity index is 1220. The van der Waals surface area contributed by atoms with Gasteiger partial charge >= 0.3 is 0 Å². The highest BCUT2D eigenvalue weighted by atomic mass is 35.5. The average Bonchev–Trinajstić information content (AvgIpc) is 3.22. The third-order valence-electron chi connectivity index (χ3n) is 5.34. The first-order valence-corrected chi connectivity index (χ1v) is 10.9. The van der Waals surface area contributed by atoms with Gasteiger partial charge in [0.05, 0.1) is 21.0 Å². The van der Waals surface area contributed by atoms with Crippen LogP contribution in [0, 0.1) is 6.92 Å². The molecule has 0 saturated carbocycles. The highest BCUT2D eigenvalue weighted by Gasteiger charge is 2.31. The number of halogens is 2. The largest absolute Gasteiger partial charge is 0.492 e. The van der Waals surface area contributed by atoms with Crippen molar-refractivity contribution in [1.82, 2.24) is 19.5 Å². The summed E-state index contributed by atoms with van der Waals surface area (Å²) in [5.74, 6) is 0.761. The Balaban J connectivity index is 1.64. The van der Waals surface area contributed by atoms with Crippen LogP contribution in [0.2, 0.25) is 10.0 Å². The second-order valence-electron chi connectivity index (χ2n) is 7.21. The molecule has 1 atom stereocenters. The van der Waals surface area contributed by atoms with Crippen LogP contribution in [0.1, 0.15) is 33.4 Å². The van der Waals surface area contributed by atoms with Crippen LogP contribution in [0.4, 0.5) is 0 Å². The summed E-state index contributed by atoms with van der Waals surface area (Å²) in [5, 5.41) is 16.3. The first-order valence-electron chi connectivity index (χ1n) is 9.32. The summed E-state index contributed by atoms with van der Waals surface area (Å²) in [6, 6.07) is 14.0. The maximum atomic E-state index is 11.0. The summed E-state index contributed by atoms with van der Waals surface area (Å²) >= 11 is 14.0. The number of aryl methyl sites for hydroxylation is 1. The predicted molar refractivity (Wildman–Crippen MR) is 116 cm³/mol. The molecule has 5 nitrogen and oxygen atoms in total. The van der Waals surface area contributed by atoms with Gasteiger partial charge in [-0.15, -0.1) is 5.10 Å². The van der Waals surface area contributed by atoms with Crippen LogP contribution in [0.3, 0.4) is 0 Å². The fourth-order valence-corrected chi connectivity index (χ4v) is 5.44. The van der Waals surface area contributed by atoms with E-state index in [0.29, 0.717) is 20.8 Å². The molecule has 0 fully saturated rings. The molecule has 3 heterocycles. The molecule has 0 unspecified atom stereocenters. The molecule has 0 spiro atoms. The topological polar surface area (TPSA) is 53.7 Å². The summed E-state index contributed by atoms with van der Waals surface area (Å²) in [4.78, 5) is 8.27. The minimum absolute atomic E-state index is 0.125. The third kappa shape index (κ3) is 3.30. The number of aromatic nitrogens is 3. The number of thiazole rings is 1. The Morgan fingerprint density at radius 3 is 2.66 bits per heavy atom. The molecule has 0 aliphatic carbocycles. The molecule has 29 heavy (non-hydrogen) atoms. The van der Waals surface area contributed by atoms with Gasteiger partial charge in [0.2, 0.25) is 10.8 Å². The van der Waals surface area contributed by atoms with Crippen LogP contribution in [0.15, 0.2) is 42.5 Å². The van der Waals surface area contributed by atoms with Gasteiger partial charge in [0.1, 0.15) is 5.82 Å². The Morgan fingerprint density at radius 1 is 1.10 bits per heavy atom. The van der Waals surface area contributed by atoms with E-state index in [0.717, 1.165) is 30.0 Å². The van der Waals surface area contributed by atoms with Crippen molar-refractivity contribution in [3.63, 3.8) is 0 Å². The van der Waals surface area contributed by atoms with E-state index in [1.807, 2.05) is 25.1 Å². The average molecular weight is 445 g/mol. The van der Waals surface area contributed by atoms with Crippen LogP contribution < -0.4 is 0 Å². The summed E-state index contributed by atoms with van der Waals surface area (Å²) < 4.78 is 1.51. The van der Waals surface area contributed by atoms with Crippen molar-refractivity contribution in [2.75, 3.05) is 6.54 Å². The zero-order chi connectivity index (χ0) is 20.1. The molecule has 0 saturated heterocycles. The lowest BCUT2D eigenvalue weighted by atomic mass is 9.96. The van der Waals surface area contributed by atoms with E-state index < -0.39 is 0 Å². The van der Waals surface area contributed by atoms with Crippen molar-refractivity contribution in [2.45, 2.75) is 25.9 Å². The van der Waals surface area contributed by atoms with E-state index in [9.17, 15) is 5.11 Å². The van der Waals surface area contributed by atoms with Crippen LogP contribution in [-0.2, 0) is 13.0 Å². The number of benzene rings is 2. The van der Waals surface area contributed by atoms with Crippen molar-refractivity contribution < 1.29 is 5.11 Å². The molecule has 1 aliphatic heterocycles. The molecule has 1 aliphatic rings. The maximum absolute atomic E-state index is 11.0. The second-order valence-corrected chi connectivity index (χ2v) is 9.03. The van der Waals surface area contributed by atoms with Crippen molar-refractivity contribution in [1.29, 1.82) is 0 Å². The number of nitrogens with zero attached hydrogens (tertiary/aromatic N) is 4. The van der Waals surface area contributed by atoms with Crippen LogP contribution in [0.25, 0.3) is 4.96 Å². The van der Waals surface area contributed by atoms with E-state index in [-0.39, 0.29) is 11.9 Å². The lowest BCUT2D eigenvalue weighted by molar-refractivity contribution is 0.205. The number of aromatic hydroxyl groups is 1. The number of hydrogen-bond acceptors (Lipinski definition) is 5. The maximum Gasteiger partial charge on any atom is 0.230 e. The second kappa shape index (κ2) is 7.29. The number of hydrogen-bond donors (Lipinski definition) is 1. The molecular formula is C21H18Cl2N4OS. The SMILES string of the molecule is Cc1nc2sc([C@@H](c3ccc(Cl)c(Cl)c3)N3CCc4ccccc4C3)c(O)n2n1.